The van der Waals surface area contributed by atoms with Crippen LogP contribution in [0.4, 0.5) is 5.82 Å². The van der Waals surface area contributed by atoms with E-state index in [-0.39, 0.29) is 11.6 Å². The van der Waals surface area contributed by atoms with E-state index in [4.69, 9.17) is 4.74 Å². The average molecular weight is 307 g/mol. The zero-order valence-electron chi connectivity index (χ0n) is 12.1. The number of ether oxygens (including phenoxy) is 1. The zero-order chi connectivity index (χ0) is 15.2. The van der Waals surface area contributed by atoms with E-state index in [1.54, 1.807) is 6.92 Å². The van der Waals surface area contributed by atoms with Gasteiger partial charge in [0.2, 0.25) is 0 Å². The average Bonchev–Trinajstić information content (AvgIpc) is 2.92. The van der Waals surface area contributed by atoms with Crippen molar-refractivity contribution in [2.24, 2.45) is 0 Å². The van der Waals surface area contributed by atoms with Crippen LogP contribution in [0.1, 0.15) is 35.5 Å². The molecule has 0 amide bonds. The Balaban J connectivity index is 2.09. The number of aromatic nitrogens is 2. The molecule has 0 bridgehead atoms. The van der Waals surface area contributed by atoms with Crippen molar-refractivity contribution >= 4 is 33.3 Å². The summed E-state index contributed by atoms with van der Waals surface area (Å²) in [5, 5.41) is 13.5. The standard InChI is InChI=1S/C14H17N3O3S/c1-7-9-11(17-14(3)4-5-20-8(14)2)15-6-16-12(9)21-10(7)13(18)19/h6,8H,4-5H2,1-3H3,(H,18,19)(H,15,16,17). The van der Waals surface area contributed by atoms with Gasteiger partial charge in [0.05, 0.1) is 17.0 Å². The van der Waals surface area contributed by atoms with E-state index in [9.17, 15) is 9.90 Å². The van der Waals surface area contributed by atoms with Gasteiger partial charge in [0.15, 0.2) is 0 Å². The normalized spacial score (nSPS) is 25.4. The molecule has 1 saturated heterocycles. The lowest BCUT2D eigenvalue weighted by atomic mass is 9.94. The topological polar surface area (TPSA) is 84.3 Å². The van der Waals surface area contributed by atoms with Crippen molar-refractivity contribution < 1.29 is 14.6 Å². The fourth-order valence-corrected chi connectivity index (χ4v) is 3.63. The Morgan fingerprint density at radius 1 is 1.57 bits per heavy atom. The summed E-state index contributed by atoms with van der Waals surface area (Å²) >= 11 is 1.18. The lowest BCUT2D eigenvalue weighted by Crippen LogP contribution is -2.41. The van der Waals surface area contributed by atoms with Crippen molar-refractivity contribution in [3.8, 4) is 0 Å². The number of fused-ring (bicyclic) bond motifs is 1. The van der Waals surface area contributed by atoms with Crippen molar-refractivity contribution in [3.05, 3.63) is 16.8 Å². The Labute approximate surface area is 126 Å². The number of nitrogens with zero attached hydrogens (tertiary/aromatic N) is 2. The molecular weight excluding hydrogens is 290 g/mol. The predicted octanol–water partition coefficient (Wildman–Crippen LogP) is 2.68. The first-order valence-corrected chi connectivity index (χ1v) is 7.61. The number of rotatable bonds is 3. The summed E-state index contributed by atoms with van der Waals surface area (Å²) in [4.78, 5) is 20.8. The quantitative estimate of drug-likeness (QED) is 0.907. The van der Waals surface area contributed by atoms with Crippen LogP contribution < -0.4 is 5.32 Å². The highest BCUT2D eigenvalue weighted by Gasteiger charge is 2.37. The number of nitrogens with one attached hydrogen (secondary N) is 1. The third-order valence-corrected chi connectivity index (χ3v) is 5.40. The minimum absolute atomic E-state index is 0.0698. The molecule has 0 radical (unpaired) electrons. The van der Waals surface area contributed by atoms with Gasteiger partial charge < -0.3 is 15.2 Å². The maximum absolute atomic E-state index is 11.3. The molecule has 7 heteroatoms. The van der Waals surface area contributed by atoms with Gasteiger partial charge in [0, 0.05) is 6.61 Å². The molecule has 6 nitrogen and oxygen atoms in total. The number of hydrogen-bond acceptors (Lipinski definition) is 6. The van der Waals surface area contributed by atoms with E-state index in [2.05, 4.69) is 22.2 Å². The summed E-state index contributed by atoms with van der Waals surface area (Å²) < 4.78 is 5.63. The molecule has 0 aliphatic carbocycles. The number of thiophene rings is 1. The molecule has 1 aliphatic rings. The number of hydrogen-bond donors (Lipinski definition) is 2. The van der Waals surface area contributed by atoms with E-state index in [0.717, 1.165) is 11.8 Å². The predicted molar refractivity (Wildman–Crippen MR) is 81.2 cm³/mol. The summed E-state index contributed by atoms with van der Waals surface area (Å²) in [5.41, 5.74) is 0.500. The summed E-state index contributed by atoms with van der Waals surface area (Å²) in [7, 11) is 0. The first-order valence-electron chi connectivity index (χ1n) is 6.79. The van der Waals surface area contributed by atoms with E-state index in [1.807, 2.05) is 6.92 Å². The number of carboxylic acids is 1. The molecule has 2 aromatic heterocycles. The Kier molecular flexibility index (Phi) is 3.33. The second-order valence-corrected chi connectivity index (χ2v) is 6.57. The monoisotopic (exact) mass is 307 g/mol. The minimum atomic E-state index is -0.926. The Morgan fingerprint density at radius 2 is 2.33 bits per heavy atom. The molecular formula is C14H17N3O3S. The summed E-state index contributed by atoms with van der Waals surface area (Å²) in [6.45, 7) is 6.63. The Morgan fingerprint density at radius 3 is 2.95 bits per heavy atom. The molecule has 3 heterocycles. The van der Waals surface area contributed by atoms with Gasteiger partial charge in [-0.2, -0.15) is 0 Å². The van der Waals surface area contributed by atoms with Gasteiger partial charge in [-0.25, -0.2) is 14.8 Å². The third kappa shape index (κ3) is 2.26. The van der Waals surface area contributed by atoms with Gasteiger partial charge in [0.1, 0.15) is 21.9 Å². The van der Waals surface area contributed by atoms with E-state index in [0.29, 0.717) is 27.7 Å². The van der Waals surface area contributed by atoms with Gasteiger partial charge >= 0.3 is 5.97 Å². The molecule has 1 aliphatic heterocycles. The fourth-order valence-electron chi connectivity index (χ4n) is 2.64. The Bertz CT molecular complexity index is 715. The van der Waals surface area contributed by atoms with Crippen LogP contribution in [0.3, 0.4) is 0 Å². The molecule has 21 heavy (non-hydrogen) atoms. The first-order chi connectivity index (χ1) is 9.92. The second kappa shape index (κ2) is 4.92. The van der Waals surface area contributed by atoms with E-state index in [1.165, 1.54) is 17.7 Å². The molecule has 2 unspecified atom stereocenters. The Hall–Kier alpha value is -1.73. The van der Waals surface area contributed by atoms with Crippen molar-refractivity contribution in [1.82, 2.24) is 9.97 Å². The maximum atomic E-state index is 11.3. The SMILES string of the molecule is Cc1c(C(=O)O)sc2ncnc(NC3(C)CCOC3C)c12. The van der Waals surface area contributed by atoms with Crippen LogP contribution in [0.2, 0.25) is 0 Å². The highest BCUT2D eigenvalue weighted by molar-refractivity contribution is 7.20. The maximum Gasteiger partial charge on any atom is 0.346 e. The molecule has 0 spiro atoms. The molecule has 2 N–H and O–H groups in total. The second-order valence-electron chi connectivity index (χ2n) is 5.57. The lowest BCUT2D eigenvalue weighted by Gasteiger charge is -2.29. The number of carbonyl (C=O) groups is 1. The van der Waals surface area contributed by atoms with E-state index < -0.39 is 5.97 Å². The van der Waals surface area contributed by atoms with Crippen molar-refractivity contribution in [2.45, 2.75) is 38.8 Å². The first kappa shape index (κ1) is 14.2. The van der Waals surface area contributed by atoms with Gasteiger partial charge in [-0.1, -0.05) is 0 Å². The highest BCUT2D eigenvalue weighted by Crippen LogP contribution is 2.36. The zero-order valence-corrected chi connectivity index (χ0v) is 13.0. The van der Waals surface area contributed by atoms with Gasteiger partial charge in [-0.15, -0.1) is 11.3 Å². The summed E-state index contributed by atoms with van der Waals surface area (Å²) in [5.74, 6) is -0.244. The van der Waals surface area contributed by atoms with Gasteiger partial charge in [0.25, 0.3) is 0 Å². The molecule has 2 aromatic rings. The third-order valence-electron chi connectivity index (χ3n) is 4.21. The van der Waals surface area contributed by atoms with Gasteiger partial charge in [-0.05, 0) is 32.8 Å². The van der Waals surface area contributed by atoms with Gasteiger partial charge in [-0.3, -0.25) is 0 Å². The molecule has 1 fully saturated rings. The summed E-state index contributed by atoms with van der Waals surface area (Å²) in [6, 6.07) is 0. The van der Waals surface area contributed by atoms with Crippen LogP contribution >= 0.6 is 11.3 Å². The lowest BCUT2D eigenvalue weighted by molar-refractivity contribution is 0.0701. The fraction of sp³-hybridized carbons (Fsp3) is 0.500. The largest absolute Gasteiger partial charge is 0.477 e. The minimum Gasteiger partial charge on any atom is -0.477 e. The number of aromatic carboxylic acids is 1. The van der Waals surface area contributed by atoms with E-state index >= 15 is 0 Å². The highest BCUT2D eigenvalue weighted by atomic mass is 32.1. The number of aryl methyl sites for hydroxylation is 1. The molecule has 3 rings (SSSR count). The van der Waals surface area contributed by atoms with Crippen LogP contribution in [0.5, 0.6) is 0 Å². The van der Waals surface area contributed by atoms with Crippen LogP contribution in [0.25, 0.3) is 10.2 Å². The van der Waals surface area contributed by atoms with Crippen LogP contribution in [-0.2, 0) is 4.74 Å². The van der Waals surface area contributed by atoms with Crippen LogP contribution in [0, 0.1) is 6.92 Å². The molecule has 0 saturated carbocycles. The van der Waals surface area contributed by atoms with Crippen LogP contribution in [0.15, 0.2) is 6.33 Å². The van der Waals surface area contributed by atoms with Crippen molar-refractivity contribution in [2.75, 3.05) is 11.9 Å². The molecule has 112 valence electrons. The van der Waals surface area contributed by atoms with Crippen molar-refractivity contribution in [3.63, 3.8) is 0 Å². The van der Waals surface area contributed by atoms with Crippen molar-refractivity contribution in [1.29, 1.82) is 0 Å². The number of carboxylic acid groups (broad SMARTS) is 1. The smallest absolute Gasteiger partial charge is 0.346 e. The number of anilines is 1. The molecule has 0 aromatic carbocycles. The van der Waals surface area contributed by atoms with Crippen LogP contribution in [-0.4, -0.2) is 39.3 Å². The summed E-state index contributed by atoms with van der Waals surface area (Å²) in [6.07, 6.45) is 2.42. The molecule has 2 atom stereocenters.